The smallest absolute Gasteiger partial charge is 0.122 e. The Hall–Kier alpha value is -1.80. The van der Waals surface area contributed by atoms with E-state index in [1.54, 1.807) is 0 Å². The number of aryl methyl sites for hydroxylation is 2. The first-order chi connectivity index (χ1) is 9.78. The van der Waals surface area contributed by atoms with Crippen molar-refractivity contribution in [3.05, 3.63) is 64.7 Å². The normalized spacial score (nSPS) is 15.3. The lowest BCUT2D eigenvalue weighted by molar-refractivity contribution is 0.288. The molecule has 1 N–H and O–H groups in total. The molecule has 0 aromatic heterocycles. The van der Waals surface area contributed by atoms with E-state index in [4.69, 9.17) is 4.74 Å². The van der Waals surface area contributed by atoms with Crippen LogP contribution in [0.4, 0.5) is 0 Å². The third-order valence-electron chi connectivity index (χ3n) is 3.93. The molecule has 1 aliphatic heterocycles. The second-order valence-electron chi connectivity index (χ2n) is 5.46. The molecular formula is C18H21NO. The summed E-state index contributed by atoms with van der Waals surface area (Å²) in [6.07, 6.45) is 2.23. The van der Waals surface area contributed by atoms with Gasteiger partial charge in [0.25, 0.3) is 0 Å². The van der Waals surface area contributed by atoms with Crippen molar-refractivity contribution in [2.24, 2.45) is 0 Å². The van der Waals surface area contributed by atoms with Crippen LogP contribution in [-0.2, 0) is 6.42 Å². The predicted molar refractivity (Wildman–Crippen MR) is 82.3 cm³/mol. The summed E-state index contributed by atoms with van der Waals surface area (Å²) in [7, 11) is 2.02. The molecule has 1 unspecified atom stereocenters. The summed E-state index contributed by atoms with van der Waals surface area (Å²) in [6, 6.07) is 15.5. The molecule has 0 saturated heterocycles. The molecule has 0 radical (unpaired) electrons. The van der Waals surface area contributed by atoms with E-state index in [2.05, 4.69) is 54.7 Å². The first kappa shape index (κ1) is 13.2. The van der Waals surface area contributed by atoms with Crippen molar-refractivity contribution < 1.29 is 4.74 Å². The topological polar surface area (TPSA) is 21.3 Å². The number of nitrogens with one attached hydrogen (secondary N) is 1. The Morgan fingerprint density at radius 2 is 1.95 bits per heavy atom. The zero-order valence-corrected chi connectivity index (χ0v) is 12.1. The van der Waals surface area contributed by atoms with Gasteiger partial charge in [0.2, 0.25) is 0 Å². The molecule has 0 fully saturated rings. The minimum absolute atomic E-state index is 0.238. The second kappa shape index (κ2) is 5.68. The maximum absolute atomic E-state index is 5.70. The van der Waals surface area contributed by atoms with E-state index >= 15 is 0 Å². The summed E-state index contributed by atoms with van der Waals surface area (Å²) in [5.74, 6) is 1.05. The predicted octanol–water partition coefficient (Wildman–Crippen LogP) is 3.63. The monoisotopic (exact) mass is 267 g/mol. The largest absolute Gasteiger partial charge is 0.493 e. The molecule has 0 amide bonds. The van der Waals surface area contributed by atoms with E-state index in [1.165, 1.54) is 22.3 Å². The molecule has 0 spiro atoms. The van der Waals surface area contributed by atoms with Crippen molar-refractivity contribution in [1.29, 1.82) is 0 Å². The van der Waals surface area contributed by atoms with Crippen molar-refractivity contribution in [2.75, 3.05) is 13.7 Å². The van der Waals surface area contributed by atoms with Gasteiger partial charge in [-0.15, -0.1) is 0 Å². The number of hydrogen-bond donors (Lipinski definition) is 1. The highest BCUT2D eigenvalue weighted by atomic mass is 16.5. The Morgan fingerprint density at radius 3 is 2.75 bits per heavy atom. The van der Waals surface area contributed by atoms with E-state index in [-0.39, 0.29) is 6.04 Å². The fraction of sp³-hybridized carbons (Fsp3) is 0.333. The summed E-state index contributed by atoms with van der Waals surface area (Å²) < 4.78 is 5.70. The van der Waals surface area contributed by atoms with Gasteiger partial charge in [0.1, 0.15) is 5.75 Å². The third kappa shape index (κ3) is 2.56. The molecular weight excluding hydrogens is 246 g/mol. The molecule has 2 nitrogen and oxygen atoms in total. The Bertz CT molecular complexity index is 606. The lowest BCUT2D eigenvalue weighted by Crippen LogP contribution is -2.18. The van der Waals surface area contributed by atoms with Gasteiger partial charge in [-0.05, 0) is 49.6 Å². The quantitative estimate of drug-likeness (QED) is 0.917. The molecule has 3 rings (SSSR count). The highest BCUT2D eigenvalue weighted by Crippen LogP contribution is 2.30. The van der Waals surface area contributed by atoms with Crippen LogP contribution < -0.4 is 10.1 Å². The van der Waals surface area contributed by atoms with Crippen LogP contribution >= 0.6 is 0 Å². The fourth-order valence-electron chi connectivity index (χ4n) is 2.94. The van der Waals surface area contributed by atoms with Crippen LogP contribution in [0.3, 0.4) is 0 Å². The van der Waals surface area contributed by atoms with Crippen molar-refractivity contribution in [3.63, 3.8) is 0 Å². The molecule has 1 aliphatic rings. The summed E-state index contributed by atoms with van der Waals surface area (Å²) in [4.78, 5) is 0. The lowest BCUT2D eigenvalue weighted by Gasteiger charge is -2.22. The minimum Gasteiger partial charge on any atom is -0.493 e. The van der Waals surface area contributed by atoms with Crippen LogP contribution in [0.1, 0.15) is 34.7 Å². The first-order valence-corrected chi connectivity index (χ1v) is 7.27. The average Bonchev–Trinajstić information content (AvgIpc) is 2.48. The standard InChI is InChI=1S/C18H21NO/c1-13-5-3-6-15(11-13)18(19-2)16-8-9-17-14(12-16)7-4-10-20-17/h3,5-6,8-9,11-12,18-19H,4,7,10H2,1-2H3. The van der Waals surface area contributed by atoms with E-state index in [9.17, 15) is 0 Å². The average molecular weight is 267 g/mol. The van der Waals surface area contributed by atoms with Crippen molar-refractivity contribution in [2.45, 2.75) is 25.8 Å². The van der Waals surface area contributed by atoms with Crippen LogP contribution in [0.15, 0.2) is 42.5 Å². The van der Waals surface area contributed by atoms with Gasteiger partial charge in [-0.1, -0.05) is 42.0 Å². The Kier molecular flexibility index (Phi) is 3.75. The van der Waals surface area contributed by atoms with Crippen LogP contribution in [-0.4, -0.2) is 13.7 Å². The molecule has 2 aromatic rings. The summed E-state index contributed by atoms with van der Waals surface area (Å²) >= 11 is 0. The van der Waals surface area contributed by atoms with Gasteiger partial charge in [-0.3, -0.25) is 0 Å². The van der Waals surface area contributed by atoms with Crippen LogP contribution in [0.5, 0.6) is 5.75 Å². The highest BCUT2D eigenvalue weighted by Gasteiger charge is 2.16. The zero-order valence-electron chi connectivity index (χ0n) is 12.1. The van der Waals surface area contributed by atoms with Gasteiger partial charge in [0.05, 0.1) is 12.6 Å². The van der Waals surface area contributed by atoms with Gasteiger partial charge < -0.3 is 10.1 Å². The van der Waals surface area contributed by atoms with Crippen LogP contribution in [0, 0.1) is 6.92 Å². The van der Waals surface area contributed by atoms with E-state index in [0.29, 0.717) is 0 Å². The highest BCUT2D eigenvalue weighted by molar-refractivity contribution is 5.42. The summed E-state index contributed by atoms with van der Waals surface area (Å²) in [5.41, 5.74) is 5.25. The summed E-state index contributed by atoms with van der Waals surface area (Å²) in [6.45, 7) is 2.98. The molecule has 2 heteroatoms. The van der Waals surface area contributed by atoms with Crippen molar-refractivity contribution in [1.82, 2.24) is 5.32 Å². The number of rotatable bonds is 3. The zero-order chi connectivity index (χ0) is 13.9. The fourth-order valence-corrected chi connectivity index (χ4v) is 2.94. The maximum atomic E-state index is 5.70. The minimum atomic E-state index is 0.238. The SMILES string of the molecule is CNC(c1cccc(C)c1)c1ccc2c(c1)CCCO2. The number of hydrogen-bond acceptors (Lipinski definition) is 2. The van der Waals surface area contributed by atoms with Gasteiger partial charge in [-0.2, -0.15) is 0 Å². The Balaban J connectivity index is 1.97. The first-order valence-electron chi connectivity index (χ1n) is 7.27. The molecule has 1 atom stereocenters. The summed E-state index contributed by atoms with van der Waals surface area (Å²) in [5, 5.41) is 3.43. The lowest BCUT2D eigenvalue weighted by atomic mass is 9.94. The Labute approximate surface area is 120 Å². The molecule has 1 heterocycles. The second-order valence-corrected chi connectivity index (χ2v) is 5.46. The number of ether oxygens (including phenoxy) is 1. The molecule has 2 aromatic carbocycles. The van der Waals surface area contributed by atoms with Gasteiger partial charge in [-0.25, -0.2) is 0 Å². The van der Waals surface area contributed by atoms with E-state index in [1.807, 2.05) is 7.05 Å². The molecule has 20 heavy (non-hydrogen) atoms. The maximum Gasteiger partial charge on any atom is 0.122 e. The molecule has 0 bridgehead atoms. The van der Waals surface area contributed by atoms with Crippen LogP contribution in [0.2, 0.25) is 0 Å². The van der Waals surface area contributed by atoms with E-state index < -0.39 is 0 Å². The van der Waals surface area contributed by atoms with Gasteiger partial charge in [0, 0.05) is 0 Å². The molecule has 0 aliphatic carbocycles. The Morgan fingerprint density at radius 1 is 1.10 bits per heavy atom. The van der Waals surface area contributed by atoms with Gasteiger partial charge in [0.15, 0.2) is 0 Å². The van der Waals surface area contributed by atoms with Crippen LogP contribution in [0.25, 0.3) is 0 Å². The van der Waals surface area contributed by atoms with Crippen molar-refractivity contribution in [3.8, 4) is 5.75 Å². The molecule has 104 valence electrons. The van der Waals surface area contributed by atoms with Crippen molar-refractivity contribution >= 4 is 0 Å². The van der Waals surface area contributed by atoms with Gasteiger partial charge >= 0.3 is 0 Å². The third-order valence-corrected chi connectivity index (χ3v) is 3.93. The molecule has 0 saturated carbocycles. The number of fused-ring (bicyclic) bond motifs is 1. The van der Waals surface area contributed by atoms with E-state index in [0.717, 1.165) is 25.2 Å². The number of benzene rings is 2.